The summed E-state index contributed by atoms with van der Waals surface area (Å²) < 4.78 is 5.42. The van der Waals surface area contributed by atoms with Crippen molar-refractivity contribution >= 4 is 8.60 Å². The quantitative estimate of drug-likeness (QED) is 0.210. The van der Waals surface area contributed by atoms with Gasteiger partial charge in [-0.25, -0.2) is 0 Å². The van der Waals surface area contributed by atoms with Crippen molar-refractivity contribution in [3.8, 4) is 0 Å². The summed E-state index contributed by atoms with van der Waals surface area (Å²) in [7, 11) is -2.32. The second-order valence-corrected chi connectivity index (χ2v) is 8.38. The minimum Gasteiger partial charge on any atom is -0.328 e. The number of aryl methyl sites for hydroxylation is 1. The van der Waals surface area contributed by atoms with Crippen LogP contribution in [0, 0.1) is 0 Å². The highest BCUT2D eigenvalue weighted by molar-refractivity contribution is 7.39. The molecule has 0 aliphatic carbocycles. The van der Waals surface area contributed by atoms with Gasteiger partial charge in [0.05, 0.1) is 6.10 Å². The van der Waals surface area contributed by atoms with Crippen LogP contribution in [0.3, 0.4) is 0 Å². The summed E-state index contributed by atoms with van der Waals surface area (Å²) >= 11 is 0. The molecule has 0 spiro atoms. The van der Waals surface area contributed by atoms with Crippen LogP contribution in [0.1, 0.15) is 115 Å². The van der Waals surface area contributed by atoms with Crippen molar-refractivity contribution in [1.82, 2.24) is 0 Å². The van der Waals surface area contributed by atoms with Gasteiger partial charge in [0.2, 0.25) is 0 Å². The van der Waals surface area contributed by atoms with Crippen molar-refractivity contribution in [2.45, 2.75) is 110 Å². The van der Waals surface area contributed by atoms with Gasteiger partial charge < -0.3 is 14.3 Å². The summed E-state index contributed by atoms with van der Waals surface area (Å²) in [5.74, 6) is 0. The lowest BCUT2D eigenvalue weighted by Crippen LogP contribution is -2.02. The lowest BCUT2D eigenvalue weighted by molar-refractivity contribution is 0.161. The van der Waals surface area contributed by atoms with E-state index >= 15 is 0 Å². The molecule has 0 fully saturated rings. The zero-order valence-electron chi connectivity index (χ0n) is 17.5. The van der Waals surface area contributed by atoms with Crippen molar-refractivity contribution in [3.05, 3.63) is 35.4 Å². The Balaban J connectivity index is 2.28. The van der Waals surface area contributed by atoms with Gasteiger partial charge in [0.1, 0.15) is 0 Å². The van der Waals surface area contributed by atoms with E-state index in [1.165, 1.54) is 76.2 Å². The highest BCUT2D eigenvalue weighted by atomic mass is 31.2. The molecule has 0 saturated carbocycles. The summed E-state index contributed by atoms with van der Waals surface area (Å²) in [5, 5.41) is 0. The Morgan fingerprint density at radius 2 is 1.26 bits per heavy atom. The third kappa shape index (κ3) is 12.6. The predicted molar refractivity (Wildman–Crippen MR) is 117 cm³/mol. The van der Waals surface area contributed by atoms with Crippen LogP contribution < -0.4 is 0 Å². The lowest BCUT2D eigenvalue weighted by atomic mass is 9.99. The van der Waals surface area contributed by atoms with Gasteiger partial charge in [0.25, 0.3) is 0 Å². The van der Waals surface area contributed by atoms with E-state index in [0.29, 0.717) is 0 Å². The average molecular weight is 397 g/mol. The molecule has 1 unspecified atom stereocenters. The Morgan fingerprint density at radius 3 is 1.78 bits per heavy atom. The number of unbranched alkanes of at least 4 members (excludes halogenated alkanes) is 10. The summed E-state index contributed by atoms with van der Waals surface area (Å²) in [6.07, 6.45) is 17.2. The van der Waals surface area contributed by atoms with Crippen molar-refractivity contribution < 1.29 is 14.3 Å². The normalized spacial score (nSPS) is 12.6. The molecule has 1 aromatic carbocycles. The molecule has 3 nitrogen and oxygen atoms in total. The van der Waals surface area contributed by atoms with E-state index < -0.39 is 8.60 Å². The van der Waals surface area contributed by atoms with Crippen molar-refractivity contribution in [1.29, 1.82) is 0 Å². The molecule has 0 bridgehead atoms. The van der Waals surface area contributed by atoms with Crippen molar-refractivity contribution in [3.63, 3.8) is 0 Å². The van der Waals surface area contributed by atoms with Gasteiger partial charge >= 0.3 is 8.60 Å². The Bertz CT molecular complexity index is 447. The molecule has 1 aromatic rings. The molecule has 0 saturated heterocycles. The summed E-state index contributed by atoms with van der Waals surface area (Å²) in [6.45, 7) is 4.46. The topological polar surface area (TPSA) is 49.7 Å². The first kappa shape index (κ1) is 24.6. The fourth-order valence-electron chi connectivity index (χ4n) is 3.49. The summed E-state index contributed by atoms with van der Waals surface area (Å²) in [5.41, 5.74) is 2.40. The highest BCUT2D eigenvalue weighted by Crippen LogP contribution is 2.37. The van der Waals surface area contributed by atoms with Crippen LogP contribution in [0.2, 0.25) is 0 Å². The Kier molecular flexibility index (Phi) is 15.0. The molecular formula is C23H41O3P. The van der Waals surface area contributed by atoms with Crippen LogP contribution in [-0.4, -0.2) is 9.79 Å². The largest absolute Gasteiger partial charge is 0.328 e. The van der Waals surface area contributed by atoms with Gasteiger partial charge in [0, 0.05) is 0 Å². The lowest BCUT2D eigenvalue weighted by Gasteiger charge is -2.18. The fraction of sp³-hybridized carbons (Fsp3) is 0.739. The van der Waals surface area contributed by atoms with Crippen molar-refractivity contribution in [2.75, 3.05) is 0 Å². The molecule has 1 atom stereocenters. The third-order valence-electron chi connectivity index (χ3n) is 5.21. The van der Waals surface area contributed by atoms with Gasteiger partial charge in [-0.3, -0.25) is 0 Å². The monoisotopic (exact) mass is 396 g/mol. The van der Waals surface area contributed by atoms with E-state index in [2.05, 4.69) is 38.1 Å². The van der Waals surface area contributed by atoms with Crippen molar-refractivity contribution in [2.24, 2.45) is 0 Å². The van der Waals surface area contributed by atoms with E-state index in [1.54, 1.807) is 0 Å². The molecule has 0 heterocycles. The minimum atomic E-state index is -2.32. The second kappa shape index (κ2) is 16.5. The van der Waals surface area contributed by atoms with Crippen LogP contribution in [0.15, 0.2) is 24.3 Å². The van der Waals surface area contributed by atoms with Crippen LogP contribution in [0.25, 0.3) is 0 Å². The molecule has 27 heavy (non-hydrogen) atoms. The molecular weight excluding hydrogens is 355 g/mol. The molecule has 0 amide bonds. The van der Waals surface area contributed by atoms with Crippen LogP contribution >= 0.6 is 8.60 Å². The fourth-order valence-corrected chi connectivity index (χ4v) is 3.95. The zero-order valence-corrected chi connectivity index (χ0v) is 18.4. The first-order valence-corrected chi connectivity index (χ1v) is 12.3. The highest BCUT2D eigenvalue weighted by Gasteiger charge is 2.16. The maximum absolute atomic E-state index is 9.31. The van der Waals surface area contributed by atoms with Gasteiger partial charge in [-0.1, -0.05) is 109 Å². The third-order valence-corrected chi connectivity index (χ3v) is 5.65. The van der Waals surface area contributed by atoms with E-state index in [-0.39, 0.29) is 6.10 Å². The van der Waals surface area contributed by atoms with Crippen LogP contribution in [-0.2, 0) is 10.9 Å². The Labute approximate surface area is 168 Å². The molecule has 156 valence electrons. The smallest absolute Gasteiger partial charge is 0.327 e. The SMILES string of the molecule is CCCCCCCCCCCCC(OP(O)O)c1ccc(CCCC)cc1. The standard InChI is InChI=1S/C23H41O3P/c1-3-5-7-8-9-10-11-12-13-14-16-23(26-27(24)25)22-19-17-21(18-20-22)15-6-4-2/h17-20,23-25H,3-16H2,1-2H3. The Morgan fingerprint density at radius 1 is 0.741 bits per heavy atom. The number of benzene rings is 1. The number of rotatable bonds is 17. The Hall–Kier alpha value is -0.470. The molecule has 2 N–H and O–H groups in total. The average Bonchev–Trinajstić information content (AvgIpc) is 2.67. The van der Waals surface area contributed by atoms with E-state index in [4.69, 9.17) is 4.52 Å². The molecule has 0 aliphatic heterocycles. The summed E-state index contributed by atoms with van der Waals surface area (Å²) in [4.78, 5) is 18.6. The number of hydrogen-bond acceptors (Lipinski definition) is 3. The first-order valence-electron chi connectivity index (χ1n) is 11.1. The zero-order chi connectivity index (χ0) is 19.7. The van der Waals surface area contributed by atoms with Crippen LogP contribution in [0.5, 0.6) is 0 Å². The van der Waals surface area contributed by atoms with E-state index in [1.807, 2.05) is 0 Å². The maximum atomic E-state index is 9.31. The number of hydrogen-bond donors (Lipinski definition) is 2. The molecule has 0 aliphatic rings. The molecule has 1 rings (SSSR count). The van der Waals surface area contributed by atoms with Gasteiger partial charge in [-0.2, -0.15) is 0 Å². The molecule has 4 heteroatoms. The van der Waals surface area contributed by atoms with Gasteiger partial charge in [-0.15, -0.1) is 0 Å². The first-order chi connectivity index (χ1) is 13.2. The molecule has 0 radical (unpaired) electrons. The summed E-state index contributed by atoms with van der Waals surface area (Å²) in [6, 6.07) is 8.48. The van der Waals surface area contributed by atoms with E-state index in [0.717, 1.165) is 24.8 Å². The molecule has 0 aromatic heterocycles. The predicted octanol–water partition coefficient (Wildman–Crippen LogP) is 7.61. The van der Waals surface area contributed by atoms with E-state index in [9.17, 15) is 9.79 Å². The van der Waals surface area contributed by atoms with Gasteiger partial charge in [-0.05, 0) is 30.4 Å². The van der Waals surface area contributed by atoms with Crippen LogP contribution in [0.4, 0.5) is 0 Å². The van der Waals surface area contributed by atoms with Gasteiger partial charge in [0.15, 0.2) is 0 Å². The second-order valence-electron chi connectivity index (χ2n) is 7.66. The minimum absolute atomic E-state index is 0.208. The maximum Gasteiger partial charge on any atom is 0.327 e.